The Morgan fingerprint density at radius 2 is 1.59 bits per heavy atom. The summed E-state index contributed by atoms with van der Waals surface area (Å²) < 4.78 is 7.76. The molecule has 1 amide bonds. The van der Waals surface area contributed by atoms with Gasteiger partial charge < -0.3 is 34.0 Å². The van der Waals surface area contributed by atoms with Gasteiger partial charge in [-0.2, -0.15) is 4.57 Å². The number of carbonyl (C=O) groups is 1. The average molecular weight is 553 g/mol. The van der Waals surface area contributed by atoms with Crippen LogP contribution in [0.4, 0.5) is 0 Å². The van der Waals surface area contributed by atoms with Crippen molar-refractivity contribution in [2.24, 2.45) is 7.05 Å². The number of hydrogen-bond donors (Lipinski definition) is 1. The molecule has 0 radical (unpaired) electrons. The highest BCUT2D eigenvalue weighted by molar-refractivity contribution is 5.90. The molecule has 4 nitrogen and oxygen atoms in total. The summed E-state index contributed by atoms with van der Waals surface area (Å²) in [7, 11) is 1.88. The molecule has 0 bridgehead atoms. The van der Waals surface area contributed by atoms with Crippen LogP contribution in [0.15, 0.2) is 42.6 Å². The molecule has 1 heterocycles. The second-order valence-electron chi connectivity index (χ2n) is 8.50. The average Bonchev–Trinajstić information content (AvgIpc) is 2.77. The maximum atomic E-state index is 12.4. The summed E-state index contributed by atoms with van der Waals surface area (Å²) in [5, 5.41) is 3.01. The lowest BCUT2D eigenvalue weighted by Gasteiger charge is -2.11. The van der Waals surface area contributed by atoms with Crippen molar-refractivity contribution in [3.63, 3.8) is 0 Å². The number of aryl methyl sites for hydroxylation is 2. The van der Waals surface area contributed by atoms with Gasteiger partial charge in [0.15, 0.2) is 6.20 Å². The van der Waals surface area contributed by atoms with Crippen LogP contribution in [0.25, 0.3) is 0 Å². The van der Waals surface area contributed by atoms with E-state index in [4.69, 9.17) is 4.74 Å². The van der Waals surface area contributed by atoms with Gasteiger partial charge in [0.05, 0.1) is 6.61 Å². The number of carbonyl (C=O) groups excluding carboxylic acids is 1. The Labute approximate surface area is 212 Å². The Morgan fingerprint density at radius 3 is 2.22 bits per heavy atom. The molecule has 2 rings (SSSR count). The zero-order valence-electron chi connectivity index (χ0n) is 20.2. The number of rotatable bonds is 15. The van der Waals surface area contributed by atoms with Gasteiger partial charge in [-0.3, -0.25) is 4.79 Å². The third kappa shape index (κ3) is 10.8. The summed E-state index contributed by atoms with van der Waals surface area (Å²) in [6.45, 7) is 5.62. The monoisotopic (exact) mass is 552 g/mol. The highest BCUT2D eigenvalue weighted by Gasteiger charge is 2.15. The molecular weight excluding hydrogens is 511 g/mol. The lowest BCUT2D eigenvalue weighted by atomic mass is 10.1. The number of nitrogens with one attached hydrogen (secondary N) is 1. The van der Waals surface area contributed by atoms with Crippen molar-refractivity contribution in [2.75, 3.05) is 6.61 Å². The SMILES string of the molecule is CCCCCCCCCCCCOc1ccc(CNC(=O)c2cccc[n+]2C)c(C)c1.[I-]. The predicted molar refractivity (Wildman–Crippen MR) is 127 cm³/mol. The maximum Gasteiger partial charge on any atom is 0.316 e. The molecule has 0 fully saturated rings. The first-order valence-electron chi connectivity index (χ1n) is 12.1. The molecule has 5 heteroatoms. The number of ether oxygens (including phenoxy) is 1. The molecule has 32 heavy (non-hydrogen) atoms. The van der Waals surface area contributed by atoms with Crippen LogP contribution in [-0.2, 0) is 13.6 Å². The van der Waals surface area contributed by atoms with Gasteiger partial charge in [-0.25, -0.2) is 0 Å². The minimum absolute atomic E-state index is 0. The number of halogens is 1. The number of aromatic nitrogens is 1. The predicted octanol–water partition coefficient (Wildman–Crippen LogP) is 3.05. The molecule has 0 aliphatic heterocycles. The molecule has 0 aliphatic rings. The fraction of sp³-hybridized carbons (Fsp3) is 0.556. The quantitative estimate of drug-likeness (QED) is 0.210. The Bertz CT molecular complexity index is 795. The van der Waals surface area contributed by atoms with Crippen molar-refractivity contribution in [1.82, 2.24) is 5.32 Å². The summed E-state index contributed by atoms with van der Waals surface area (Å²) in [5.41, 5.74) is 2.90. The van der Waals surface area contributed by atoms with Crippen molar-refractivity contribution in [1.29, 1.82) is 0 Å². The molecule has 1 N–H and O–H groups in total. The van der Waals surface area contributed by atoms with Gasteiger partial charge in [-0.1, -0.05) is 70.8 Å². The van der Waals surface area contributed by atoms with Gasteiger partial charge in [-0.15, -0.1) is 0 Å². The zero-order valence-corrected chi connectivity index (χ0v) is 22.3. The topological polar surface area (TPSA) is 42.2 Å². The van der Waals surface area contributed by atoms with Crippen LogP contribution in [0.2, 0.25) is 0 Å². The van der Waals surface area contributed by atoms with Crippen molar-refractivity contribution < 1.29 is 38.1 Å². The highest BCUT2D eigenvalue weighted by atomic mass is 127. The van der Waals surface area contributed by atoms with Gasteiger partial charge in [0.2, 0.25) is 0 Å². The van der Waals surface area contributed by atoms with E-state index in [0.29, 0.717) is 12.2 Å². The zero-order chi connectivity index (χ0) is 22.3. The number of benzene rings is 1. The van der Waals surface area contributed by atoms with Crippen LogP contribution in [0.5, 0.6) is 5.75 Å². The molecule has 0 saturated carbocycles. The first-order valence-corrected chi connectivity index (χ1v) is 12.1. The van der Waals surface area contributed by atoms with E-state index in [1.165, 1.54) is 57.8 Å². The van der Waals surface area contributed by atoms with Crippen molar-refractivity contribution in [3.8, 4) is 5.75 Å². The molecule has 1 aromatic carbocycles. The number of nitrogens with zero attached hydrogens (tertiary/aromatic N) is 1. The molecule has 0 spiro atoms. The first kappa shape index (κ1) is 28.4. The van der Waals surface area contributed by atoms with Gasteiger partial charge in [0, 0.05) is 18.7 Å². The van der Waals surface area contributed by atoms with E-state index in [1.54, 1.807) is 0 Å². The molecule has 0 unspecified atom stereocenters. The number of unbranched alkanes of at least 4 members (excludes halogenated alkanes) is 9. The fourth-order valence-corrected chi connectivity index (χ4v) is 3.76. The Kier molecular flexibility index (Phi) is 15.0. The summed E-state index contributed by atoms with van der Waals surface area (Å²) >= 11 is 0. The van der Waals surface area contributed by atoms with Crippen LogP contribution < -0.4 is 38.6 Å². The molecule has 1 aromatic heterocycles. The lowest BCUT2D eigenvalue weighted by molar-refractivity contribution is -0.673. The Morgan fingerprint density at radius 1 is 0.938 bits per heavy atom. The van der Waals surface area contributed by atoms with Gasteiger partial charge in [0.1, 0.15) is 12.8 Å². The van der Waals surface area contributed by atoms with Crippen LogP contribution >= 0.6 is 0 Å². The standard InChI is InChI=1S/C27H40N2O2.HI/c1-4-5-6-7-8-9-10-11-12-15-20-31-25-18-17-24(23(2)21-25)22-28-27(30)26-16-13-14-19-29(26)3;/h13-14,16-19,21H,4-12,15,20,22H2,1-3H3;1H. The Hall–Kier alpha value is -1.63. The molecule has 0 saturated heterocycles. The van der Waals surface area contributed by atoms with Crippen molar-refractivity contribution in [3.05, 3.63) is 59.4 Å². The van der Waals surface area contributed by atoms with Crippen LogP contribution in [-0.4, -0.2) is 12.5 Å². The van der Waals surface area contributed by atoms with Crippen molar-refractivity contribution >= 4 is 5.91 Å². The van der Waals surface area contributed by atoms with Gasteiger partial charge >= 0.3 is 5.91 Å². The second kappa shape index (κ2) is 16.9. The van der Waals surface area contributed by atoms with E-state index in [0.717, 1.165) is 29.9 Å². The van der Waals surface area contributed by atoms with Crippen LogP contribution in [0.3, 0.4) is 0 Å². The van der Waals surface area contributed by atoms with E-state index in [9.17, 15) is 4.79 Å². The minimum atomic E-state index is -0.0659. The number of hydrogen-bond acceptors (Lipinski definition) is 2. The minimum Gasteiger partial charge on any atom is -1.00 e. The van der Waals surface area contributed by atoms with E-state index in [1.807, 2.05) is 42.1 Å². The smallest absolute Gasteiger partial charge is 0.316 e. The summed E-state index contributed by atoms with van der Waals surface area (Å²) in [6.07, 6.45) is 15.2. The van der Waals surface area contributed by atoms with E-state index in [2.05, 4.69) is 31.3 Å². The fourth-order valence-electron chi connectivity index (χ4n) is 3.76. The molecule has 178 valence electrons. The van der Waals surface area contributed by atoms with Gasteiger partial charge in [-0.05, 0) is 42.7 Å². The molecule has 0 aliphatic carbocycles. The maximum absolute atomic E-state index is 12.4. The van der Waals surface area contributed by atoms with Crippen LogP contribution in [0, 0.1) is 6.92 Å². The van der Waals surface area contributed by atoms with E-state index < -0.39 is 0 Å². The Balaban J connectivity index is 0.00000512. The van der Waals surface area contributed by atoms with E-state index >= 15 is 0 Å². The summed E-state index contributed by atoms with van der Waals surface area (Å²) in [4.78, 5) is 12.4. The first-order chi connectivity index (χ1) is 15.1. The normalized spacial score (nSPS) is 10.5. The third-order valence-corrected chi connectivity index (χ3v) is 5.81. The number of amides is 1. The third-order valence-electron chi connectivity index (χ3n) is 5.81. The molecular formula is C27H41IN2O2. The summed E-state index contributed by atoms with van der Waals surface area (Å²) in [6, 6.07) is 11.7. The largest absolute Gasteiger partial charge is 1.00 e. The van der Waals surface area contributed by atoms with Crippen molar-refractivity contribution in [2.45, 2.75) is 84.6 Å². The van der Waals surface area contributed by atoms with E-state index in [-0.39, 0.29) is 29.9 Å². The van der Waals surface area contributed by atoms with Crippen LogP contribution in [0.1, 0.15) is 92.7 Å². The highest BCUT2D eigenvalue weighted by Crippen LogP contribution is 2.18. The van der Waals surface area contributed by atoms with Gasteiger partial charge in [0.25, 0.3) is 5.69 Å². The molecule has 0 atom stereocenters. The summed E-state index contributed by atoms with van der Waals surface area (Å²) in [5.74, 6) is 0.849. The molecule has 2 aromatic rings. The second-order valence-corrected chi connectivity index (χ2v) is 8.50. The number of pyridine rings is 1. The lowest BCUT2D eigenvalue weighted by Crippen LogP contribution is -3.00.